The zero-order chi connectivity index (χ0) is 16.2. The zero-order valence-electron chi connectivity index (χ0n) is 13.2. The van der Waals surface area contributed by atoms with Gasteiger partial charge in [0.05, 0.1) is 0 Å². The predicted octanol–water partition coefficient (Wildman–Crippen LogP) is 2.99. The Morgan fingerprint density at radius 3 is 2.43 bits per heavy atom. The van der Waals surface area contributed by atoms with E-state index in [1.807, 2.05) is 32.9 Å². The van der Waals surface area contributed by atoms with Gasteiger partial charge in [-0.3, -0.25) is 9.59 Å². The normalized spacial score (nSPS) is 12.1. The molecule has 0 saturated heterocycles. The molecule has 5 heteroatoms. The van der Waals surface area contributed by atoms with E-state index in [-0.39, 0.29) is 11.8 Å². The van der Waals surface area contributed by atoms with Crippen molar-refractivity contribution in [2.24, 2.45) is 5.92 Å². The number of amides is 2. The summed E-state index contributed by atoms with van der Waals surface area (Å²) in [7, 11) is 3.40. The molecule has 1 unspecified atom stereocenters. The maximum absolute atomic E-state index is 12.4. The summed E-state index contributed by atoms with van der Waals surface area (Å²) in [5, 5.41) is 2.86. The summed E-state index contributed by atoms with van der Waals surface area (Å²) in [6.07, 6.45) is 0.621. The molecule has 1 N–H and O–H groups in total. The second-order valence-electron chi connectivity index (χ2n) is 5.80. The number of hydrogen-bond donors (Lipinski definition) is 1. The Bertz CT molecular complexity index is 527. The molecule has 1 aromatic rings. The predicted molar refractivity (Wildman–Crippen MR) is 88.3 cm³/mol. The average molecular weight is 355 g/mol. The van der Waals surface area contributed by atoms with Crippen molar-refractivity contribution in [3.63, 3.8) is 0 Å². The van der Waals surface area contributed by atoms with Gasteiger partial charge in [0.2, 0.25) is 5.91 Å². The van der Waals surface area contributed by atoms with Crippen molar-refractivity contribution in [1.82, 2.24) is 10.2 Å². The van der Waals surface area contributed by atoms with Gasteiger partial charge in [0.1, 0.15) is 6.04 Å². The third-order valence-corrected chi connectivity index (χ3v) is 4.12. The van der Waals surface area contributed by atoms with E-state index < -0.39 is 6.04 Å². The quantitative estimate of drug-likeness (QED) is 0.883. The molecule has 0 bridgehead atoms. The largest absolute Gasteiger partial charge is 0.347 e. The number of nitrogens with zero attached hydrogens (tertiary/aromatic N) is 1. The minimum absolute atomic E-state index is 0.0790. The van der Waals surface area contributed by atoms with Crippen LogP contribution in [0.3, 0.4) is 0 Å². The fourth-order valence-electron chi connectivity index (χ4n) is 2.09. The maximum Gasteiger partial charge on any atom is 0.252 e. The van der Waals surface area contributed by atoms with Gasteiger partial charge in [-0.05, 0) is 37.0 Å². The summed E-state index contributed by atoms with van der Waals surface area (Å²) in [6, 6.07) is 4.98. The van der Waals surface area contributed by atoms with E-state index in [0.29, 0.717) is 17.9 Å². The summed E-state index contributed by atoms with van der Waals surface area (Å²) < 4.78 is 0.884. The molecule has 0 spiro atoms. The Morgan fingerprint density at radius 1 is 1.29 bits per heavy atom. The fourth-order valence-corrected chi connectivity index (χ4v) is 2.46. The number of carbonyl (C=O) groups excluding carboxylic acids is 2. The van der Waals surface area contributed by atoms with E-state index in [2.05, 4.69) is 21.2 Å². The third kappa shape index (κ3) is 4.84. The van der Waals surface area contributed by atoms with Gasteiger partial charge in [-0.15, -0.1) is 0 Å². The first-order chi connectivity index (χ1) is 9.73. The molecular formula is C16H23BrN2O2. The highest BCUT2D eigenvalue weighted by Gasteiger charge is 2.24. The topological polar surface area (TPSA) is 49.4 Å². The second kappa shape index (κ2) is 7.59. The van der Waals surface area contributed by atoms with E-state index in [1.54, 1.807) is 20.2 Å². The Hall–Kier alpha value is -1.36. The minimum Gasteiger partial charge on any atom is -0.347 e. The van der Waals surface area contributed by atoms with Crippen LogP contribution in [-0.4, -0.2) is 36.9 Å². The van der Waals surface area contributed by atoms with Crippen LogP contribution in [0.4, 0.5) is 0 Å². The molecule has 21 heavy (non-hydrogen) atoms. The van der Waals surface area contributed by atoms with Crippen molar-refractivity contribution in [3.05, 3.63) is 33.8 Å². The molecule has 1 atom stereocenters. The van der Waals surface area contributed by atoms with E-state index in [4.69, 9.17) is 0 Å². The molecule has 116 valence electrons. The van der Waals surface area contributed by atoms with E-state index >= 15 is 0 Å². The van der Waals surface area contributed by atoms with E-state index in [9.17, 15) is 9.59 Å². The monoisotopic (exact) mass is 354 g/mol. The van der Waals surface area contributed by atoms with Crippen molar-refractivity contribution in [2.45, 2.75) is 33.2 Å². The maximum atomic E-state index is 12.4. The van der Waals surface area contributed by atoms with Gasteiger partial charge < -0.3 is 10.2 Å². The van der Waals surface area contributed by atoms with E-state index in [0.717, 1.165) is 10.0 Å². The number of rotatable bonds is 5. The summed E-state index contributed by atoms with van der Waals surface area (Å²) in [6.45, 7) is 5.95. The van der Waals surface area contributed by atoms with Gasteiger partial charge >= 0.3 is 0 Å². The first kappa shape index (κ1) is 17.7. The van der Waals surface area contributed by atoms with Crippen molar-refractivity contribution in [3.8, 4) is 0 Å². The highest BCUT2D eigenvalue weighted by Crippen LogP contribution is 2.19. The molecule has 1 aromatic carbocycles. The molecule has 0 aliphatic rings. The van der Waals surface area contributed by atoms with Gasteiger partial charge in [-0.2, -0.15) is 0 Å². The molecule has 0 fully saturated rings. The lowest BCUT2D eigenvalue weighted by Crippen LogP contribution is -2.47. The van der Waals surface area contributed by atoms with Gasteiger partial charge in [0.15, 0.2) is 0 Å². The van der Waals surface area contributed by atoms with Crippen molar-refractivity contribution >= 4 is 27.7 Å². The lowest BCUT2D eigenvalue weighted by Gasteiger charge is -2.23. The van der Waals surface area contributed by atoms with Crippen LogP contribution in [0.5, 0.6) is 0 Å². The molecule has 4 nitrogen and oxygen atoms in total. The Labute approximate surface area is 135 Å². The molecule has 0 heterocycles. The van der Waals surface area contributed by atoms with Crippen LogP contribution >= 0.6 is 15.9 Å². The molecule has 0 aliphatic heterocycles. The van der Waals surface area contributed by atoms with Gasteiger partial charge in [0.25, 0.3) is 5.91 Å². The highest BCUT2D eigenvalue weighted by molar-refractivity contribution is 9.10. The third-order valence-electron chi connectivity index (χ3n) is 3.26. The fraction of sp³-hybridized carbons (Fsp3) is 0.500. The molecule has 0 radical (unpaired) electrons. The Kier molecular flexibility index (Phi) is 6.40. The molecule has 0 aliphatic carbocycles. The average Bonchev–Trinajstić information content (AvgIpc) is 2.39. The number of benzene rings is 1. The summed E-state index contributed by atoms with van der Waals surface area (Å²) >= 11 is 3.42. The molecule has 0 saturated carbocycles. The first-order valence-electron chi connectivity index (χ1n) is 7.01. The smallest absolute Gasteiger partial charge is 0.252 e. The number of halogens is 1. The van der Waals surface area contributed by atoms with Gasteiger partial charge in [-0.1, -0.05) is 35.8 Å². The zero-order valence-corrected chi connectivity index (χ0v) is 14.8. The Morgan fingerprint density at radius 2 is 1.90 bits per heavy atom. The number of likely N-dealkylation sites (N-methyl/N-ethyl adjacent to an activating group) is 1. The summed E-state index contributed by atoms with van der Waals surface area (Å²) in [5.74, 6) is 0.0298. The van der Waals surface area contributed by atoms with Crippen LogP contribution in [0.2, 0.25) is 0 Å². The van der Waals surface area contributed by atoms with Crippen molar-refractivity contribution in [2.75, 3.05) is 14.1 Å². The summed E-state index contributed by atoms with van der Waals surface area (Å²) in [5.41, 5.74) is 1.46. The van der Waals surface area contributed by atoms with Crippen LogP contribution < -0.4 is 5.32 Å². The van der Waals surface area contributed by atoms with Crippen LogP contribution in [0.25, 0.3) is 0 Å². The van der Waals surface area contributed by atoms with Crippen LogP contribution in [0.15, 0.2) is 22.7 Å². The molecular weight excluding hydrogens is 332 g/mol. The van der Waals surface area contributed by atoms with E-state index in [1.165, 1.54) is 4.90 Å². The second-order valence-corrected chi connectivity index (χ2v) is 6.65. The molecule has 0 aromatic heterocycles. The number of hydrogen-bond acceptors (Lipinski definition) is 2. The highest BCUT2D eigenvalue weighted by atomic mass is 79.9. The van der Waals surface area contributed by atoms with Gasteiger partial charge in [0, 0.05) is 24.1 Å². The minimum atomic E-state index is -0.495. The molecule has 2 amide bonds. The van der Waals surface area contributed by atoms with Crippen LogP contribution in [-0.2, 0) is 4.79 Å². The summed E-state index contributed by atoms with van der Waals surface area (Å²) in [4.78, 5) is 26.1. The van der Waals surface area contributed by atoms with Crippen molar-refractivity contribution < 1.29 is 9.59 Å². The van der Waals surface area contributed by atoms with Crippen LogP contribution in [0, 0.1) is 12.8 Å². The number of nitrogens with one attached hydrogen (secondary N) is 1. The standard InChI is InChI=1S/C16H23BrN2O2/c1-10(2)9-14(16(21)19(4)5)18-15(20)12-7-6-8-13(17)11(12)3/h6-8,10,14H,9H2,1-5H3,(H,18,20). The SMILES string of the molecule is Cc1c(Br)cccc1C(=O)NC(CC(C)C)C(=O)N(C)C. The number of carbonyl (C=O) groups is 2. The Balaban J connectivity index is 2.95. The lowest BCUT2D eigenvalue weighted by molar-refractivity contribution is -0.131. The van der Waals surface area contributed by atoms with Crippen LogP contribution in [0.1, 0.15) is 36.2 Å². The lowest BCUT2D eigenvalue weighted by atomic mass is 10.0. The molecule has 1 rings (SSSR count). The first-order valence-corrected chi connectivity index (χ1v) is 7.80. The van der Waals surface area contributed by atoms with Crippen molar-refractivity contribution in [1.29, 1.82) is 0 Å². The van der Waals surface area contributed by atoms with Gasteiger partial charge in [-0.25, -0.2) is 0 Å².